The van der Waals surface area contributed by atoms with E-state index in [0.29, 0.717) is 16.6 Å². The summed E-state index contributed by atoms with van der Waals surface area (Å²) in [5.41, 5.74) is 1.23. The minimum atomic E-state index is -0.199. The molecule has 4 nitrogen and oxygen atoms in total. The molecule has 0 aliphatic rings. The van der Waals surface area contributed by atoms with Crippen molar-refractivity contribution in [3.8, 4) is 0 Å². The van der Waals surface area contributed by atoms with Crippen molar-refractivity contribution in [2.45, 2.75) is 33.6 Å². The summed E-state index contributed by atoms with van der Waals surface area (Å²) in [7, 11) is 0. The van der Waals surface area contributed by atoms with Crippen LogP contribution < -0.4 is 5.32 Å². The maximum atomic E-state index is 12.6. The topological polar surface area (TPSA) is 54.9 Å². The highest BCUT2D eigenvalue weighted by Crippen LogP contribution is 2.30. The number of hydrogen-bond acceptors (Lipinski definition) is 6. The summed E-state index contributed by atoms with van der Waals surface area (Å²) in [6.07, 6.45) is 0.716. The molecule has 3 rings (SSSR count). The van der Waals surface area contributed by atoms with Gasteiger partial charge in [0.2, 0.25) is 11.0 Å². The molecule has 1 atom stereocenters. The molecular formula is C19H18ClN3OS3. The Labute approximate surface area is 176 Å². The largest absolute Gasteiger partial charge is 0.300 e. The minimum absolute atomic E-state index is 0.0618. The summed E-state index contributed by atoms with van der Waals surface area (Å²) in [6, 6.07) is 17.7. The van der Waals surface area contributed by atoms with Gasteiger partial charge in [0.05, 0.1) is 5.25 Å². The second-order valence-corrected chi connectivity index (χ2v) is 9.52. The van der Waals surface area contributed by atoms with Crippen molar-refractivity contribution in [3.05, 3.63) is 65.2 Å². The monoisotopic (exact) mass is 435 g/mol. The van der Waals surface area contributed by atoms with Gasteiger partial charge in [-0.05, 0) is 36.2 Å². The molecule has 0 bridgehead atoms. The van der Waals surface area contributed by atoms with Crippen LogP contribution >= 0.6 is 46.5 Å². The zero-order valence-corrected chi connectivity index (χ0v) is 17.8. The molecule has 0 radical (unpaired) electrons. The third-order valence-electron chi connectivity index (χ3n) is 3.60. The number of benzene rings is 2. The van der Waals surface area contributed by atoms with Crippen molar-refractivity contribution >= 4 is 57.5 Å². The maximum absolute atomic E-state index is 12.6. The lowest BCUT2D eigenvalue weighted by atomic mass is 10.2. The molecule has 2 aromatic carbocycles. The predicted molar refractivity (Wildman–Crippen MR) is 116 cm³/mol. The standard InChI is InChI=1S/C19H18ClN3OS3/c1-2-16(26-15-10-8-14(20)9-11-15)17(24)21-18-22-23-19(27-18)25-12-13-6-4-3-5-7-13/h3-11,16H,2,12H2,1H3,(H,21,22,24)/t16-/m1/s1. The van der Waals surface area contributed by atoms with Gasteiger partial charge in [0, 0.05) is 15.7 Å². The molecule has 0 unspecified atom stereocenters. The van der Waals surface area contributed by atoms with Crippen LogP contribution in [0, 0.1) is 0 Å². The van der Waals surface area contributed by atoms with Crippen LogP contribution in [-0.2, 0) is 10.5 Å². The van der Waals surface area contributed by atoms with Gasteiger partial charge in [0.1, 0.15) is 0 Å². The Morgan fingerprint density at radius 3 is 2.59 bits per heavy atom. The van der Waals surface area contributed by atoms with Gasteiger partial charge in [-0.3, -0.25) is 10.1 Å². The van der Waals surface area contributed by atoms with Gasteiger partial charge < -0.3 is 0 Å². The number of amides is 1. The van der Waals surface area contributed by atoms with E-state index in [1.165, 1.54) is 28.7 Å². The number of thioether (sulfide) groups is 2. The van der Waals surface area contributed by atoms with Crippen molar-refractivity contribution in [1.29, 1.82) is 0 Å². The van der Waals surface area contributed by atoms with Gasteiger partial charge in [-0.2, -0.15) is 0 Å². The van der Waals surface area contributed by atoms with Gasteiger partial charge in [-0.15, -0.1) is 22.0 Å². The van der Waals surface area contributed by atoms with E-state index in [9.17, 15) is 4.79 Å². The van der Waals surface area contributed by atoms with Crippen LogP contribution in [0.4, 0.5) is 5.13 Å². The highest BCUT2D eigenvalue weighted by Gasteiger charge is 2.19. The summed E-state index contributed by atoms with van der Waals surface area (Å²) in [4.78, 5) is 13.6. The van der Waals surface area contributed by atoms with Crippen LogP contribution in [0.15, 0.2) is 63.8 Å². The van der Waals surface area contributed by atoms with Crippen LogP contribution in [-0.4, -0.2) is 21.4 Å². The number of hydrogen-bond donors (Lipinski definition) is 1. The molecule has 1 amide bonds. The van der Waals surface area contributed by atoms with Crippen molar-refractivity contribution in [2.75, 3.05) is 5.32 Å². The van der Waals surface area contributed by atoms with Crippen molar-refractivity contribution in [1.82, 2.24) is 10.2 Å². The maximum Gasteiger partial charge on any atom is 0.239 e. The fourth-order valence-corrected chi connectivity index (χ4v) is 5.01. The van der Waals surface area contributed by atoms with E-state index in [4.69, 9.17) is 11.6 Å². The van der Waals surface area contributed by atoms with E-state index in [2.05, 4.69) is 27.6 Å². The van der Waals surface area contributed by atoms with Crippen LogP contribution in [0.5, 0.6) is 0 Å². The first-order valence-corrected chi connectivity index (χ1v) is 11.4. The average Bonchev–Trinajstić information content (AvgIpc) is 3.14. The number of halogens is 1. The van der Waals surface area contributed by atoms with Crippen LogP contribution in [0.1, 0.15) is 18.9 Å². The second-order valence-electron chi connectivity index (χ2n) is 5.61. The highest BCUT2D eigenvalue weighted by molar-refractivity contribution is 8.00. The molecule has 1 N–H and O–H groups in total. The quantitative estimate of drug-likeness (QED) is 0.347. The number of aromatic nitrogens is 2. The molecule has 0 aliphatic heterocycles. The number of carbonyl (C=O) groups excluding carboxylic acids is 1. The van der Waals surface area contributed by atoms with Gasteiger partial charge in [-0.1, -0.05) is 72.0 Å². The molecule has 1 aromatic heterocycles. The zero-order chi connectivity index (χ0) is 19.1. The Balaban J connectivity index is 1.54. The Bertz CT molecular complexity index is 871. The molecule has 0 saturated carbocycles. The van der Waals surface area contributed by atoms with E-state index in [1.54, 1.807) is 11.8 Å². The summed E-state index contributed by atoms with van der Waals surface area (Å²) in [5.74, 6) is 0.765. The number of rotatable bonds is 8. The lowest BCUT2D eigenvalue weighted by Gasteiger charge is -2.13. The van der Waals surface area contributed by atoms with E-state index in [0.717, 1.165) is 15.0 Å². The number of carbonyl (C=O) groups is 1. The van der Waals surface area contributed by atoms with Gasteiger partial charge >= 0.3 is 0 Å². The van der Waals surface area contributed by atoms with Gasteiger partial charge in [0.25, 0.3) is 0 Å². The molecule has 8 heteroatoms. The zero-order valence-electron chi connectivity index (χ0n) is 14.6. The highest BCUT2D eigenvalue weighted by atomic mass is 35.5. The van der Waals surface area contributed by atoms with Gasteiger partial charge in [-0.25, -0.2) is 0 Å². The summed E-state index contributed by atoms with van der Waals surface area (Å²) in [6.45, 7) is 1.99. The van der Waals surface area contributed by atoms with E-state index < -0.39 is 0 Å². The number of nitrogens with one attached hydrogen (secondary N) is 1. The van der Waals surface area contributed by atoms with Crippen molar-refractivity contribution in [2.24, 2.45) is 0 Å². The smallest absolute Gasteiger partial charge is 0.239 e. The summed E-state index contributed by atoms with van der Waals surface area (Å²) >= 11 is 10.4. The van der Waals surface area contributed by atoms with Crippen LogP contribution in [0.3, 0.4) is 0 Å². The van der Waals surface area contributed by atoms with E-state index in [-0.39, 0.29) is 11.2 Å². The Morgan fingerprint density at radius 1 is 1.15 bits per heavy atom. The van der Waals surface area contributed by atoms with Gasteiger partial charge in [0.15, 0.2) is 4.34 Å². The normalized spacial score (nSPS) is 11.9. The number of nitrogens with zero attached hydrogens (tertiary/aromatic N) is 2. The fraction of sp³-hybridized carbons (Fsp3) is 0.211. The molecule has 0 aliphatic carbocycles. The Kier molecular flexibility index (Phi) is 7.58. The molecule has 27 heavy (non-hydrogen) atoms. The SMILES string of the molecule is CC[C@@H](Sc1ccc(Cl)cc1)C(=O)Nc1nnc(SCc2ccccc2)s1. The lowest BCUT2D eigenvalue weighted by molar-refractivity contribution is -0.115. The first-order chi connectivity index (χ1) is 13.1. The molecule has 0 fully saturated rings. The molecular weight excluding hydrogens is 418 g/mol. The summed E-state index contributed by atoms with van der Waals surface area (Å²) < 4.78 is 0.840. The van der Waals surface area contributed by atoms with Crippen molar-refractivity contribution in [3.63, 3.8) is 0 Å². The molecule has 0 spiro atoms. The molecule has 1 heterocycles. The predicted octanol–water partition coefficient (Wildman–Crippen LogP) is 5.99. The first kappa shape index (κ1) is 20.2. The Morgan fingerprint density at radius 2 is 1.89 bits per heavy atom. The van der Waals surface area contributed by atoms with E-state index in [1.807, 2.05) is 49.4 Å². The van der Waals surface area contributed by atoms with Crippen LogP contribution in [0.25, 0.3) is 0 Å². The third-order valence-corrected chi connectivity index (χ3v) is 7.27. The number of anilines is 1. The molecule has 140 valence electrons. The molecule has 0 saturated heterocycles. The van der Waals surface area contributed by atoms with Crippen LogP contribution in [0.2, 0.25) is 5.02 Å². The fourth-order valence-electron chi connectivity index (χ4n) is 2.22. The first-order valence-electron chi connectivity index (χ1n) is 8.37. The van der Waals surface area contributed by atoms with Crippen molar-refractivity contribution < 1.29 is 4.79 Å². The molecule has 3 aromatic rings. The van der Waals surface area contributed by atoms with E-state index >= 15 is 0 Å². The minimum Gasteiger partial charge on any atom is -0.300 e. The third kappa shape index (κ3) is 6.24. The Hall–Kier alpha value is -1.54. The second kappa shape index (κ2) is 10.1. The summed E-state index contributed by atoms with van der Waals surface area (Å²) in [5, 5.41) is 12.2. The average molecular weight is 436 g/mol. The lowest BCUT2D eigenvalue weighted by Crippen LogP contribution is -2.24.